The van der Waals surface area contributed by atoms with Gasteiger partial charge >= 0.3 is 0 Å². The van der Waals surface area contributed by atoms with Crippen molar-refractivity contribution in [2.45, 2.75) is 45.2 Å². The van der Waals surface area contributed by atoms with Gasteiger partial charge in [-0.05, 0) is 38.9 Å². The summed E-state index contributed by atoms with van der Waals surface area (Å²) in [6.07, 6.45) is 11.2. The first-order valence-electron chi connectivity index (χ1n) is 9.91. The zero-order valence-corrected chi connectivity index (χ0v) is 17.4. The van der Waals surface area contributed by atoms with Crippen LogP contribution in [0.15, 0.2) is 30.6 Å². The first-order valence-corrected chi connectivity index (χ1v) is 10.7. The minimum Gasteiger partial charge on any atom is -0.495 e. The summed E-state index contributed by atoms with van der Waals surface area (Å²) in [5, 5.41) is 2.43. The van der Waals surface area contributed by atoms with Gasteiger partial charge in [-0.25, -0.2) is 4.98 Å². The molecule has 0 spiro atoms. The van der Waals surface area contributed by atoms with Crippen LogP contribution in [0.1, 0.15) is 37.1 Å². The quantitative estimate of drug-likeness (QED) is 0.570. The third kappa shape index (κ3) is 3.90. The Hall–Kier alpha value is -1.85. The van der Waals surface area contributed by atoms with Gasteiger partial charge in [-0.15, -0.1) is 11.3 Å². The van der Waals surface area contributed by atoms with Crippen LogP contribution >= 0.6 is 11.3 Å². The van der Waals surface area contributed by atoms with Crippen LogP contribution in [0.3, 0.4) is 0 Å². The third-order valence-electron chi connectivity index (χ3n) is 5.53. The van der Waals surface area contributed by atoms with E-state index in [4.69, 9.17) is 4.74 Å². The van der Waals surface area contributed by atoms with Crippen LogP contribution in [0.5, 0.6) is 5.75 Å². The van der Waals surface area contributed by atoms with Crippen molar-refractivity contribution in [3.63, 3.8) is 0 Å². The highest BCUT2D eigenvalue weighted by atomic mass is 32.1. The molecule has 1 aliphatic carbocycles. The van der Waals surface area contributed by atoms with E-state index in [9.17, 15) is 0 Å². The molecule has 4 nitrogen and oxygen atoms in total. The predicted octanol–water partition coefficient (Wildman–Crippen LogP) is 5.42. The molecular weight excluding hydrogens is 354 g/mol. The van der Waals surface area contributed by atoms with Crippen molar-refractivity contribution in [1.82, 2.24) is 14.5 Å². The molecule has 0 bridgehead atoms. The number of methoxy groups -OCH3 is 1. The number of benzene rings is 1. The zero-order valence-electron chi connectivity index (χ0n) is 16.6. The number of hydrogen-bond acceptors (Lipinski definition) is 4. The number of rotatable bonds is 6. The smallest absolute Gasteiger partial charge is 0.143 e. The SMILES string of the molecule is COc1cccc2c(-c3cnc(CN(C)C)s3)cn(CC3CCCCC3)c12. The van der Waals surface area contributed by atoms with Crippen molar-refractivity contribution in [1.29, 1.82) is 0 Å². The fourth-order valence-electron chi connectivity index (χ4n) is 4.26. The molecule has 5 heteroatoms. The second-order valence-corrected chi connectivity index (χ2v) is 9.03. The average Bonchev–Trinajstić information content (AvgIpc) is 3.27. The summed E-state index contributed by atoms with van der Waals surface area (Å²) in [5.41, 5.74) is 2.50. The van der Waals surface area contributed by atoms with Crippen molar-refractivity contribution in [2.24, 2.45) is 5.92 Å². The highest BCUT2D eigenvalue weighted by molar-refractivity contribution is 7.15. The standard InChI is InChI=1S/C22H29N3OS/c1-24(2)15-21-23-12-20(27-21)18-14-25(13-16-8-5-4-6-9-16)22-17(18)10-7-11-19(22)26-3/h7,10-12,14,16H,4-6,8-9,13,15H2,1-3H3. The van der Waals surface area contributed by atoms with Crippen LogP contribution in [-0.4, -0.2) is 35.7 Å². The fourth-order valence-corrected chi connectivity index (χ4v) is 5.32. The van der Waals surface area contributed by atoms with E-state index < -0.39 is 0 Å². The summed E-state index contributed by atoms with van der Waals surface area (Å²) in [7, 11) is 5.94. The first kappa shape index (κ1) is 18.5. The van der Waals surface area contributed by atoms with Gasteiger partial charge in [0.1, 0.15) is 10.8 Å². The van der Waals surface area contributed by atoms with Gasteiger partial charge in [0.15, 0.2) is 0 Å². The Morgan fingerprint density at radius 2 is 2.04 bits per heavy atom. The van der Waals surface area contributed by atoms with Crippen LogP contribution < -0.4 is 4.74 Å². The third-order valence-corrected chi connectivity index (χ3v) is 6.55. The minimum absolute atomic E-state index is 0.776. The number of aromatic nitrogens is 2. The van der Waals surface area contributed by atoms with Crippen LogP contribution in [0.4, 0.5) is 0 Å². The molecule has 1 saturated carbocycles. The number of ether oxygens (including phenoxy) is 1. The summed E-state index contributed by atoms with van der Waals surface area (Å²) in [6.45, 7) is 1.97. The van der Waals surface area contributed by atoms with Crippen LogP contribution in [-0.2, 0) is 13.1 Å². The molecule has 1 aromatic carbocycles. The summed E-state index contributed by atoms with van der Waals surface area (Å²) < 4.78 is 8.16. The molecule has 0 saturated heterocycles. The molecule has 0 aliphatic heterocycles. The highest BCUT2D eigenvalue weighted by Gasteiger charge is 2.20. The molecule has 0 amide bonds. The molecule has 0 unspecified atom stereocenters. The molecule has 2 heterocycles. The number of fused-ring (bicyclic) bond motifs is 1. The Labute approximate surface area is 165 Å². The molecule has 2 aromatic heterocycles. The lowest BCUT2D eigenvalue weighted by Crippen LogP contribution is -2.13. The second kappa shape index (κ2) is 8.03. The first-order chi connectivity index (χ1) is 13.2. The van der Waals surface area contributed by atoms with Crippen molar-refractivity contribution in [3.05, 3.63) is 35.6 Å². The van der Waals surface area contributed by atoms with Gasteiger partial charge in [-0.2, -0.15) is 0 Å². The molecule has 0 atom stereocenters. The van der Waals surface area contributed by atoms with E-state index in [0.717, 1.165) is 29.8 Å². The molecule has 27 heavy (non-hydrogen) atoms. The van der Waals surface area contributed by atoms with Crippen molar-refractivity contribution < 1.29 is 4.74 Å². The maximum atomic E-state index is 5.72. The van der Waals surface area contributed by atoms with Gasteiger partial charge in [0, 0.05) is 36.4 Å². The summed E-state index contributed by atoms with van der Waals surface area (Å²) in [4.78, 5) is 8.05. The molecule has 3 aromatic rings. The lowest BCUT2D eigenvalue weighted by molar-refractivity contribution is 0.321. The topological polar surface area (TPSA) is 30.3 Å². The van der Waals surface area contributed by atoms with Crippen LogP contribution in [0, 0.1) is 5.92 Å². The van der Waals surface area contributed by atoms with Gasteiger partial charge in [-0.3, -0.25) is 0 Å². The largest absolute Gasteiger partial charge is 0.495 e. The van der Waals surface area contributed by atoms with Crippen LogP contribution in [0.25, 0.3) is 21.3 Å². The monoisotopic (exact) mass is 383 g/mol. The van der Waals surface area contributed by atoms with Crippen LogP contribution in [0.2, 0.25) is 0 Å². The van der Waals surface area contributed by atoms with E-state index in [1.165, 1.54) is 53.4 Å². The zero-order chi connectivity index (χ0) is 18.8. The lowest BCUT2D eigenvalue weighted by Gasteiger charge is -2.22. The van der Waals surface area contributed by atoms with E-state index in [0.29, 0.717) is 0 Å². The minimum atomic E-state index is 0.776. The highest BCUT2D eigenvalue weighted by Crippen LogP contribution is 2.39. The average molecular weight is 384 g/mol. The number of hydrogen-bond donors (Lipinski definition) is 0. The molecule has 0 radical (unpaired) electrons. The fraction of sp³-hybridized carbons (Fsp3) is 0.500. The van der Waals surface area contributed by atoms with Gasteiger partial charge < -0.3 is 14.2 Å². The van der Waals surface area contributed by atoms with Gasteiger partial charge in [-0.1, -0.05) is 31.4 Å². The molecule has 1 fully saturated rings. The Morgan fingerprint density at radius 3 is 2.78 bits per heavy atom. The van der Waals surface area contributed by atoms with E-state index >= 15 is 0 Å². The Kier molecular flexibility index (Phi) is 5.50. The Balaban J connectivity index is 1.75. The summed E-state index contributed by atoms with van der Waals surface area (Å²) >= 11 is 1.80. The lowest BCUT2D eigenvalue weighted by atomic mass is 9.89. The molecule has 1 aliphatic rings. The maximum absolute atomic E-state index is 5.72. The number of nitrogens with zero attached hydrogens (tertiary/aromatic N) is 3. The van der Waals surface area contributed by atoms with Gasteiger partial charge in [0.25, 0.3) is 0 Å². The molecule has 4 rings (SSSR count). The van der Waals surface area contributed by atoms with E-state index in [2.05, 4.69) is 52.9 Å². The Morgan fingerprint density at radius 1 is 1.22 bits per heavy atom. The van der Waals surface area contributed by atoms with Crippen molar-refractivity contribution >= 4 is 22.2 Å². The maximum Gasteiger partial charge on any atom is 0.143 e. The summed E-state index contributed by atoms with van der Waals surface area (Å²) in [6, 6.07) is 6.39. The predicted molar refractivity (Wildman–Crippen MR) is 114 cm³/mol. The summed E-state index contributed by atoms with van der Waals surface area (Å²) in [5.74, 6) is 1.74. The molecule has 144 valence electrons. The Bertz CT molecular complexity index is 906. The number of thiazole rings is 1. The number of para-hydroxylation sites is 1. The second-order valence-electron chi connectivity index (χ2n) is 7.91. The molecular formula is C22H29N3OS. The normalized spacial score (nSPS) is 15.7. The van der Waals surface area contributed by atoms with Crippen molar-refractivity contribution in [2.75, 3.05) is 21.2 Å². The van der Waals surface area contributed by atoms with E-state index in [1.807, 2.05) is 6.20 Å². The van der Waals surface area contributed by atoms with Crippen molar-refractivity contribution in [3.8, 4) is 16.2 Å². The van der Waals surface area contributed by atoms with Gasteiger partial charge in [0.05, 0.1) is 17.5 Å². The molecule has 0 N–H and O–H groups in total. The van der Waals surface area contributed by atoms with Gasteiger partial charge in [0.2, 0.25) is 0 Å². The van der Waals surface area contributed by atoms with E-state index in [1.54, 1.807) is 18.4 Å². The van der Waals surface area contributed by atoms with E-state index in [-0.39, 0.29) is 0 Å².